The highest BCUT2D eigenvalue weighted by molar-refractivity contribution is 7.89. The average molecular weight is 473 g/mol. The zero-order valence-corrected chi connectivity index (χ0v) is 21.0. The Bertz CT molecular complexity index is 1050. The second-order valence-corrected chi connectivity index (χ2v) is 11.6. The molecule has 0 spiro atoms. The molecule has 1 fully saturated rings. The van der Waals surface area contributed by atoms with E-state index in [-0.39, 0.29) is 16.2 Å². The lowest BCUT2D eigenvalue weighted by atomic mass is 9.87. The van der Waals surface area contributed by atoms with E-state index in [1.165, 1.54) is 11.6 Å². The summed E-state index contributed by atoms with van der Waals surface area (Å²) in [6.45, 7) is 10.0. The number of amides is 1. The molecule has 0 aliphatic carbocycles. The maximum absolute atomic E-state index is 13.1. The topological polar surface area (TPSA) is 75.7 Å². The molecule has 6 nitrogen and oxygen atoms in total. The van der Waals surface area contributed by atoms with E-state index in [0.717, 1.165) is 37.0 Å². The van der Waals surface area contributed by atoms with Gasteiger partial charge in [-0.15, -0.1) is 0 Å². The summed E-state index contributed by atoms with van der Waals surface area (Å²) < 4.78 is 33.5. The average Bonchev–Trinajstić information content (AvgIpc) is 3.07. The number of nitrogens with zero attached hydrogens (tertiary/aromatic N) is 1. The van der Waals surface area contributed by atoms with E-state index >= 15 is 0 Å². The quantitative estimate of drug-likeness (QED) is 0.595. The van der Waals surface area contributed by atoms with Crippen LogP contribution in [0.2, 0.25) is 0 Å². The predicted molar refractivity (Wildman–Crippen MR) is 131 cm³/mol. The number of rotatable bonds is 7. The molecule has 1 aliphatic rings. The van der Waals surface area contributed by atoms with Gasteiger partial charge in [-0.25, -0.2) is 8.42 Å². The number of aryl methyl sites for hydroxylation is 1. The van der Waals surface area contributed by atoms with Crippen molar-refractivity contribution in [2.75, 3.05) is 26.2 Å². The largest absolute Gasteiger partial charge is 0.492 e. The molecule has 1 heterocycles. The molecule has 180 valence electrons. The molecule has 1 amide bonds. The molecule has 0 unspecified atom stereocenters. The SMILES string of the molecule is Cc1ccc(S(=O)(=O)N2CCCCCC2)cc1C(=O)NCCOc1ccc(C(C)(C)C)cc1. The van der Waals surface area contributed by atoms with Gasteiger partial charge in [0.15, 0.2) is 0 Å². The van der Waals surface area contributed by atoms with Gasteiger partial charge in [0, 0.05) is 18.7 Å². The highest BCUT2D eigenvalue weighted by Gasteiger charge is 2.26. The van der Waals surface area contributed by atoms with Crippen LogP contribution in [0.4, 0.5) is 0 Å². The van der Waals surface area contributed by atoms with Gasteiger partial charge in [0.25, 0.3) is 5.91 Å². The van der Waals surface area contributed by atoms with Crippen LogP contribution in [0, 0.1) is 6.92 Å². The third kappa shape index (κ3) is 6.58. The Hall–Kier alpha value is -2.38. The number of hydrogen-bond acceptors (Lipinski definition) is 4. The summed E-state index contributed by atoms with van der Waals surface area (Å²) in [5, 5.41) is 2.84. The lowest BCUT2D eigenvalue weighted by molar-refractivity contribution is 0.0946. The van der Waals surface area contributed by atoms with Crippen LogP contribution in [0.15, 0.2) is 47.4 Å². The van der Waals surface area contributed by atoms with Crippen LogP contribution in [0.1, 0.15) is 67.9 Å². The van der Waals surface area contributed by atoms with Gasteiger partial charge in [-0.1, -0.05) is 51.8 Å². The van der Waals surface area contributed by atoms with E-state index in [4.69, 9.17) is 4.74 Å². The third-order valence-electron chi connectivity index (χ3n) is 6.03. The van der Waals surface area contributed by atoms with Crippen LogP contribution >= 0.6 is 0 Å². The fourth-order valence-corrected chi connectivity index (χ4v) is 5.46. The van der Waals surface area contributed by atoms with E-state index in [2.05, 4.69) is 26.1 Å². The summed E-state index contributed by atoms with van der Waals surface area (Å²) >= 11 is 0. The van der Waals surface area contributed by atoms with Crippen LogP contribution in [0.25, 0.3) is 0 Å². The first-order valence-electron chi connectivity index (χ1n) is 11.7. The Kier molecular flexibility index (Phi) is 8.19. The first-order chi connectivity index (χ1) is 15.6. The van der Waals surface area contributed by atoms with Crippen LogP contribution in [0.3, 0.4) is 0 Å². The number of benzene rings is 2. The van der Waals surface area contributed by atoms with Crippen molar-refractivity contribution in [2.24, 2.45) is 0 Å². The standard InChI is InChI=1S/C26H36N2O4S/c1-20-9-14-23(33(30,31)28-16-7-5-6-8-17-28)19-24(20)25(29)27-15-18-32-22-12-10-21(11-13-22)26(2,3)4/h9-14,19H,5-8,15-18H2,1-4H3,(H,27,29). The van der Waals surface area contributed by atoms with E-state index in [9.17, 15) is 13.2 Å². The van der Waals surface area contributed by atoms with Gasteiger partial charge < -0.3 is 10.1 Å². The van der Waals surface area contributed by atoms with Crippen LogP contribution < -0.4 is 10.1 Å². The summed E-state index contributed by atoms with van der Waals surface area (Å²) in [5.74, 6) is 0.450. The molecule has 0 saturated carbocycles. The van der Waals surface area contributed by atoms with Crippen LogP contribution in [0.5, 0.6) is 5.75 Å². The smallest absolute Gasteiger partial charge is 0.251 e. The van der Waals surface area contributed by atoms with E-state index in [1.54, 1.807) is 16.4 Å². The van der Waals surface area contributed by atoms with Crippen molar-refractivity contribution >= 4 is 15.9 Å². The normalized spacial score (nSPS) is 15.6. The highest BCUT2D eigenvalue weighted by Crippen LogP contribution is 2.25. The van der Waals surface area contributed by atoms with Crippen molar-refractivity contribution in [3.05, 3.63) is 59.2 Å². The van der Waals surface area contributed by atoms with Gasteiger partial charge in [-0.05, 0) is 60.6 Å². The first-order valence-corrected chi connectivity index (χ1v) is 13.2. The van der Waals surface area contributed by atoms with Crippen LogP contribution in [-0.2, 0) is 15.4 Å². The molecule has 1 aliphatic heterocycles. The molecule has 1 N–H and O–H groups in total. The molecule has 0 atom stereocenters. The molecule has 2 aromatic rings. The summed E-state index contributed by atoms with van der Waals surface area (Å²) in [4.78, 5) is 12.9. The zero-order valence-electron chi connectivity index (χ0n) is 20.2. The molecule has 0 bridgehead atoms. The van der Waals surface area contributed by atoms with Crippen molar-refractivity contribution in [3.8, 4) is 5.75 Å². The number of carbonyl (C=O) groups excluding carboxylic acids is 1. The monoisotopic (exact) mass is 472 g/mol. The maximum atomic E-state index is 13.1. The lowest BCUT2D eigenvalue weighted by Gasteiger charge is -2.20. The van der Waals surface area contributed by atoms with Gasteiger partial charge in [0.05, 0.1) is 11.4 Å². The van der Waals surface area contributed by atoms with Gasteiger partial charge in [0.2, 0.25) is 10.0 Å². The Balaban J connectivity index is 1.59. The molecular formula is C26H36N2O4S. The van der Waals surface area contributed by atoms with Gasteiger partial charge in [-0.2, -0.15) is 4.31 Å². The molecule has 3 rings (SSSR count). The Labute approximate surface area is 198 Å². The molecule has 0 radical (unpaired) electrons. The Morgan fingerprint density at radius 1 is 1.00 bits per heavy atom. The van der Waals surface area contributed by atoms with Crippen LogP contribution in [-0.4, -0.2) is 44.9 Å². The van der Waals surface area contributed by atoms with Gasteiger partial charge in [-0.3, -0.25) is 4.79 Å². The first kappa shape index (κ1) is 25.2. The highest BCUT2D eigenvalue weighted by atomic mass is 32.2. The minimum absolute atomic E-state index is 0.0829. The second-order valence-electron chi connectivity index (χ2n) is 9.67. The predicted octanol–water partition coefficient (Wildman–Crippen LogP) is 4.67. The maximum Gasteiger partial charge on any atom is 0.251 e. The minimum atomic E-state index is -3.60. The lowest BCUT2D eigenvalue weighted by Crippen LogP contribution is -2.32. The van der Waals surface area contributed by atoms with Crippen molar-refractivity contribution in [1.29, 1.82) is 0 Å². The minimum Gasteiger partial charge on any atom is -0.492 e. The number of carbonyl (C=O) groups is 1. The summed E-state index contributed by atoms with van der Waals surface area (Å²) in [6.07, 6.45) is 3.85. The van der Waals surface area contributed by atoms with Gasteiger partial charge >= 0.3 is 0 Å². The van der Waals surface area contributed by atoms with Gasteiger partial charge in [0.1, 0.15) is 12.4 Å². The molecule has 33 heavy (non-hydrogen) atoms. The van der Waals surface area contributed by atoms with Crippen molar-refractivity contribution in [1.82, 2.24) is 9.62 Å². The van der Waals surface area contributed by atoms with Crippen molar-refractivity contribution < 1.29 is 17.9 Å². The molecule has 2 aromatic carbocycles. The zero-order chi connectivity index (χ0) is 24.1. The number of ether oxygens (including phenoxy) is 1. The molecule has 1 saturated heterocycles. The van der Waals surface area contributed by atoms with Crippen molar-refractivity contribution in [2.45, 2.75) is 63.7 Å². The summed E-state index contributed by atoms with van der Waals surface area (Å²) in [5.41, 5.74) is 2.43. The number of hydrogen-bond donors (Lipinski definition) is 1. The fraction of sp³-hybridized carbons (Fsp3) is 0.500. The molecule has 7 heteroatoms. The van der Waals surface area contributed by atoms with E-state index in [0.29, 0.717) is 31.8 Å². The molecular weight excluding hydrogens is 436 g/mol. The van der Waals surface area contributed by atoms with E-state index in [1.807, 2.05) is 31.2 Å². The third-order valence-corrected chi connectivity index (χ3v) is 7.93. The number of nitrogens with one attached hydrogen (secondary N) is 1. The molecule has 0 aromatic heterocycles. The Morgan fingerprint density at radius 2 is 1.64 bits per heavy atom. The fourth-order valence-electron chi connectivity index (χ4n) is 3.92. The Morgan fingerprint density at radius 3 is 2.24 bits per heavy atom. The number of sulfonamides is 1. The van der Waals surface area contributed by atoms with Crippen molar-refractivity contribution in [3.63, 3.8) is 0 Å². The summed E-state index contributed by atoms with van der Waals surface area (Å²) in [7, 11) is -3.60. The van der Waals surface area contributed by atoms with E-state index < -0.39 is 10.0 Å². The second kappa shape index (κ2) is 10.7. The summed E-state index contributed by atoms with van der Waals surface area (Å²) in [6, 6.07) is 12.8.